The molecule has 130 valence electrons. The molecule has 1 saturated heterocycles. The summed E-state index contributed by atoms with van der Waals surface area (Å²) in [4.78, 5) is 16.7. The third-order valence-corrected chi connectivity index (χ3v) is 4.56. The van der Waals surface area contributed by atoms with Gasteiger partial charge in [0.1, 0.15) is 0 Å². The number of amides is 1. The molecular weight excluding hydrogens is 292 g/mol. The summed E-state index contributed by atoms with van der Waals surface area (Å²) in [6.45, 7) is 12.5. The van der Waals surface area contributed by atoms with Crippen LogP contribution in [0, 0.1) is 11.3 Å². The van der Waals surface area contributed by atoms with E-state index in [1.807, 2.05) is 24.1 Å². The Morgan fingerprint density at radius 3 is 2.39 bits per heavy atom. The van der Waals surface area contributed by atoms with E-state index in [9.17, 15) is 9.90 Å². The predicted octanol–water partition coefficient (Wildman–Crippen LogP) is 1.07. The minimum atomic E-state index is -0.344. The van der Waals surface area contributed by atoms with Gasteiger partial charge in [0, 0.05) is 45.1 Å². The van der Waals surface area contributed by atoms with Gasteiger partial charge in [-0.15, -0.1) is 0 Å². The first-order valence-electron chi connectivity index (χ1n) is 8.44. The highest BCUT2D eigenvalue weighted by Crippen LogP contribution is 2.20. The smallest absolute Gasteiger partial charge is 0.227 e. The van der Waals surface area contributed by atoms with Gasteiger partial charge < -0.3 is 10.0 Å². The first kappa shape index (κ1) is 17.9. The number of rotatable bonds is 5. The summed E-state index contributed by atoms with van der Waals surface area (Å²) in [5.41, 5.74) is -0.106. The van der Waals surface area contributed by atoms with Crippen molar-refractivity contribution >= 4 is 5.91 Å². The van der Waals surface area contributed by atoms with Gasteiger partial charge in [-0.2, -0.15) is 5.10 Å². The van der Waals surface area contributed by atoms with Gasteiger partial charge in [0.25, 0.3) is 0 Å². The Balaban J connectivity index is 1.78. The van der Waals surface area contributed by atoms with Crippen molar-refractivity contribution in [1.29, 1.82) is 0 Å². The number of aliphatic hydroxyl groups excluding tert-OH is 1. The maximum Gasteiger partial charge on any atom is 0.227 e. The number of nitrogens with zero attached hydrogens (tertiary/aromatic N) is 4. The van der Waals surface area contributed by atoms with Crippen molar-refractivity contribution < 1.29 is 9.90 Å². The van der Waals surface area contributed by atoms with E-state index in [1.165, 1.54) is 0 Å². The first-order chi connectivity index (χ1) is 10.8. The molecule has 1 amide bonds. The SMILES string of the molecule is C[C@H](Cn1cccn1)C(=O)N1CCN(C[C@@H](O)C(C)(C)C)CC1. The number of carbonyl (C=O) groups is 1. The molecule has 6 nitrogen and oxygen atoms in total. The van der Waals surface area contributed by atoms with Gasteiger partial charge in [-0.05, 0) is 11.5 Å². The van der Waals surface area contributed by atoms with E-state index < -0.39 is 0 Å². The molecular formula is C17H30N4O2. The molecule has 23 heavy (non-hydrogen) atoms. The van der Waals surface area contributed by atoms with Crippen LogP contribution >= 0.6 is 0 Å². The quantitative estimate of drug-likeness (QED) is 0.881. The molecule has 1 aliphatic rings. The molecule has 1 aromatic heterocycles. The number of aliphatic hydroxyl groups is 1. The Morgan fingerprint density at radius 1 is 1.22 bits per heavy atom. The minimum absolute atomic E-state index is 0.0679. The monoisotopic (exact) mass is 322 g/mol. The maximum absolute atomic E-state index is 12.5. The standard InChI is InChI=1S/C17H30N4O2/c1-14(12-21-7-5-6-18-21)16(23)20-10-8-19(9-11-20)13-15(22)17(2,3)4/h5-7,14-15,22H,8-13H2,1-4H3/t14-,15-/m1/s1. The highest BCUT2D eigenvalue weighted by Gasteiger charge is 2.29. The fraction of sp³-hybridized carbons (Fsp3) is 0.765. The molecule has 1 fully saturated rings. The lowest BCUT2D eigenvalue weighted by Crippen LogP contribution is -2.52. The van der Waals surface area contributed by atoms with Crippen LogP contribution in [0.15, 0.2) is 18.5 Å². The third-order valence-electron chi connectivity index (χ3n) is 4.56. The number of aromatic nitrogens is 2. The van der Waals surface area contributed by atoms with Gasteiger partial charge in [-0.1, -0.05) is 27.7 Å². The molecule has 0 spiro atoms. The summed E-state index contributed by atoms with van der Waals surface area (Å²) in [7, 11) is 0. The van der Waals surface area contributed by atoms with E-state index in [-0.39, 0.29) is 23.3 Å². The van der Waals surface area contributed by atoms with E-state index >= 15 is 0 Å². The summed E-state index contributed by atoms with van der Waals surface area (Å²) < 4.78 is 1.80. The zero-order valence-electron chi connectivity index (χ0n) is 14.8. The van der Waals surface area contributed by atoms with Crippen molar-refractivity contribution in [2.24, 2.45) is 11.3 Å². The zero-order valence-corrected chi connectivity index (χ0v) is 14.8. The number of hydrogen-bond acceptors (Lipinski definition) is 4. The van der Waals surface area contributed by atoms with Crippen LogP contribution in [0.25, 0.3) is 0 Å². The Hall–Kier alpha value is -1.40. The van der Waals surface area contributed by atoms with Crippen molar-refractivity contribution in [2.45, 2.75) is 40.3 Å². The first-order valence-corrected chi connectivity index (χ1v) is 8.44. The molecule has 1 aromatic rings. The molecule has 0 unspecified atom stereocenters. The van der Waals surface area contributed by atoms with Gasteiger partial charge in [0.15, 0.2) is 0 Å². The van der Waals surface area contributed by atoms with Crippen LogP contribution in [-0.2, 0) is 11.3 Å². The number of carbonyl (C=O) groups excluding carboxylic acids is 1. The Kier molecular flexibility index (Phi) is 5.81. The van der Waals surface area contributed by atoms with Crippen LogP contribution in [0.2, 0.25) is 0 Å². The molecule has 0 radical (unpaired) electrons. The lowest BCUT2D eigenvalue weighted by atomic mass is 9.89. The van der Waals surface area contributed by atoms with Crippen LogP contribution in [0.5, 0.6) is 0 Å². The molecule has 0 aliphatic carbocycles. The van der Waals surface area contributed by atoms with Gasteiger partial charge in [-0.25, -0.2) is 0 Å². The molecule has 2 rings (SSSR count). The summed E-state index contributed by atoms with van der Waals surface area (Å²) in [5.74, 6) is 0.123. The Morgan fingerprint density at radius 2 is 1.87 bits per heavy atom. The molecule has 1 aliphatic heterocycles. The Labute approximate surface area is 139 Å². The highest BCUT2D eigenvalue weighted by molar-refractivity contribution is 5.78. The van der Waals surface area contributed by atoms with Gasteiger partial charge >= 0.3 is 0 Å². The second-order valence-corrected chi connectivity index (χ2v) is 7.64. The number of hydrogen-bond donors (Lipinski definition) is 1. The second-order valence-electron chi connectivity index (χ2n) is 7.64. The van der Waals surface area contributed by atoms with Gasteiger partial charge in [-0.3, -0.25) is 14.4 Å². The van der Waals surface area contributed by atoms with Crippen molar-refractivity contribution in [3.05, 3.63) is 18.5 Å². The maximum atomic E-state index is 12.5. The highest BCUT2D eigenvalue weighted by atomic mass is 16.3. The van der Waals surface area contributed by atoms with Crippen LogP contribution in [0.4, 0.5) is 0 Å². The molecule has 6 heteroatoms. The van der Waals surface area contributed by atoms with E-state index in [4.69, 9.17) is 0 Å². The zero-order chi connectivity index (χ0) is 17.0. The van der Waals surface area contributed by atoms with Crippen LogP contribution in [-0.4, -0.2) is 69.4 Å². The van der Waals surface area contributed by atoms with Crippen molar-refractivity contribution in [2.75, 3.05) is 32.7 Å². The topological polar surface area (TPSA) is 61.6 Å². The average Bonchev–Trinajstić information content (AvgIpc) is 2.99. The normalized spacial score (nSPS) is 19.6. The van der Waals surface area contributed by atoms with E-state index in [0.717, 1.165) is 26.2 Å². The number of piperazine rings is 1. The molecule has 0 saturated carbocycles. The van der Waals surface area contributed by atoms with Crippen LogP contribution in [0.3, 0.4) is 0 Å². The third kappa shape index (κ3) is 5.04. The molecule has 0 bridgehead atoms. The largest absolute Gasteiger partial charge is 0.391 e. The lowest BCUT2D eigenvalue weighted by molar-refractivity contribution is -0.137. The van der Waals surface area contributed by atoms with Crippen molar-refractivity contribution in [3.8, 4) is 0 Å². The molecule has 2 atom stereocenters. The number of β-amino-alcohol motifs (C(OH)–C–C–N with tert-alkyl or cyclic N) is 1. The van der Waals surface area contributed by atoms with Crippen LogP contribution < -0.4 is 0 Å². The summed E-state index contributed by atoms with van der Waals surface area (Å²) >= 11 is 0. The van der Waals surface area contributed by atoms with Crippen LogP contribution in [0.1, 0.15) is 27.7 Å². The Bertz CT molecular complexity index is 487. The minimum Gasteiger partial charge on any atom is -0.391 e. The summed E-state index contributed by atoms with van der Waals surface area (Å²) in [5, 5.41) is 14.4. The van der Waals surface area contributed by atoms with E-state index in [0.29, 0.717) is 13.1 Å². The molecule has 0 aromatic carbocycles. The average molecular weight is 322 g/mol. The van der Waals surface area contributed by atoms with Gasteiger partial charge in [0.2, 0.25) is 5.91 Å². The molecule has 1 N–H and O–H groups in total. The van der Waals surface area contributed by atoms with E-state index in [2.05, 4.69) is 30.8 Å². The summed E-state index contributed by atoms with van der Waals surface area (Å²) in [6, 6.07) is 1.87. The predicted molar refractivity (Wildman–Crippen MR) is 89.9 cm³/mol. The fourth-order valence-corrected chi connectivity index (χ4v) is 2.75. The second kappa shape index (κ2) is 7.45. The summed E-state index contributed by atoms with van der Waals surface area (Å²) in [6.07, 6.45) is 3.27. The van der Waals surface area contributed by atoms with Crippen molar-refractivity contribution in [3.63, 3.8) is 0 Å². The fourth-order valence-electron chi connectivity index (χ4n) is 2.75. The van der Waals surface area contributed by atoms with Crippen molar-refractivity contribution in [1.82, 2.24) is 19.6 Å². The van der Waals surface area contributed by atoms with E-state index in [1.54, 1.807) is 10.9 Å². The van der Waals surface area contributed by atoms with Gasteiger partial charge in [0.05, 0.1) is 18.6 Å². The lowest BCUT2D eigenvalue weighted by Gasteiger charge is -2.38. The molecule has 2 heterocycles.